The molecule has 29 heavy (non-hydrogen) atoms. The van der Waals surface area contributed by atoms with Gasteiger partial charge in [-0.1, -0.05) is 6.07 Å². The number of ether oxygens (including phenoxy) is 2. The smallest absolute Gasteiger partial charge is 0.416 e. The van der Waals surface area contributed by atoms with E-state index in [-0.39, 0.29) is 30.1 Å². The van der Waals surface area contributed by atoms with Crippen LogP contribution in [0.25, 0.3) is 0 Å². The van der Waals surface area contributed by atoms with Gasteiger partial charge in [0.2, 0.25) is 0 Å². The molecule has 0 saturated heterocycles. The van der Waals surface area contributed by atoms with E-state index in [9.17, 15) is 28.1 Å². The number of nitrogens with zero attached hydrogens (tertiary/aromatic N) is 1. The lowest BCUT2D eigenvalue weighted by Gasteiger charge is -2.13. The van der Waals surface area contributed by atoms with Crippen LogP contribution in [0.2, 0.25) is 0 Å². The number of rotatable bonds is 8. The number of carbonyl (C=O) groups excluding carboxylic acids is 1. The largest absolute Gasteiger partial charge is 0.493 e. The first kappa shape index (κ1) is 21.8. The predicted octanol–water partition coefficient (Wildman–Crippen LogP) is 3.47. The van der Waals surface area contributed by atoms with Crippen LogP contribution in [-0.2, 0) is 6.18 Å². The third kappa shape index (κ3) is 5.27. The van der Waals surface area contributed by atoms with Crippen molar-refractivity contribution in [2.45, 2.75) is 6.18 Å². The summed E-state index contributed by atoms with van der Waals surface area (Å²) in [6, 6.07) is 6.96. The predicted molar refractivity (Wildman–Crippen MR) is 98.5 cm³/mol. The standard InChI is InChI=1S/C18H18F3N3O5/c1-28-15-5-3-4-12(16(15)29-2)17(25)23-9-8-22-13-7-6-11(18(19,20)21)10-14(13)24(26)27/h3-7,10,22H,8-9H2,1-2H3,(H,23,25). The molecule has 0 spiro atoms. The van der Waals surface area contributed by atoms with Gasteiger partial charge in [-0.2, -0.15) is 13.2 Å². The number of alkyl halides is 3. The number of benzene rings is 2. The Morgan fingerprint density at radius 3 is 2.45 bits per heavy atom. The van der Waals surface area contributed by atoms with Crippen LogP contribution in [0.4, 0.5) is 24.5 Å². The molecule has 0 aliphatic heterocycles. The zero-order valence-corrected chi connectivity index (χ0v) is 15.5. The Balaban J connectivity index is 2.02. The molecule has 0 fully saturated rings. The molecule has 0 saturated carbocycles. The lowest BCUT2D eigenvalue weighted by Crippen LogP contribution is -2.29. The minimum Gasteiger partial charge on any atom is -0.493 e. The van der Waals surface area contributed by atoms with E-state index in [1.165, 1.54) is 20.3 Å². The molecule has 1 amide bonds. The van der Waals surface area contributed by atoms with E-state index in [0.29, 0.717) is 11.8 Å². The van der Waals surface area contributed by atoms with Gasteiger partial charge in [0.25, 0.3) is 11.6 Å². The highest BCUT2D eigenvalue weighted by atomic mass is 19.4. The summed E-state index contributed by atoms with van der Waals surface area (Å²) in [4.78, 5) is 22.5. The first-order valence-electron chi connectivity index (χ1n) is 8.27. The Hall–Kier alpha value is -3.50. The topological polar surface area (TPSA) is 103 Å². The molecule has 2 aromatic carbocycles. The van der Waals surface area contributed by atoms with Gasteiger partial charge in [-0.05, 0) is 24.3 Å². The maximum absolute atomic E-state index is 12.7. The van der Waals surface area contributed by atoms with Crippen molar-refractivity contribution in [2.24, 2.45) is 0 Å². The highest BCUT2D eigenvalue weighted by Gasteiger charge is 2.33. The van der Waals surface area contributed by atoms with Crippen LogP contribution in [0.15, 0.2) is 36.4 Å². The molecular formula is C18H18F3N3O5. The SMILES string of the molecule is COc1cccc(C(=O)NCCNc2ccc(C(F)(F)F)cc2[N+](=O)[O-])c1OC. The van der Waals surface area contributed by atoms with E-state index in [2.05, 4.69) is 10.6 Å². The quantitative estimate of drug-likeness (QED) is 0.390. The normalized spacial score (nSPS) is 10.9. The van der Waals surface area contributed by atoms with Crippen LogP contribution in [0.5, 0.6) is 11.5 Å². The number of hydrogen-bond acceptors (Lipinski definition) is 6. The number of halogens is 3. The number of methoxy groups -OCH3 is 2. The molecule has 2 aromatic rings. The summed E-state index contributed by atoms with van der Waals surface area (Å²) in [6.45, 7) is 0.0988. The van der Waals surface area contributed by atoms with Crippen molar-refractivity contribution >= 4 is 17.3 Å². The molecule has 8 nitrogen and oxygen atoms in total. The first-order chi connectivity index (χ1) is 13.7. The van der Waals surface area contributed by atoms with Crippen molar-refractivity contribution in [3.63, 3.8) is 0 Å². The van der Waals surface area contributed by atoms with Crippen LogP contribution in [0.1, 0.15) is 15.9 Å². The fraction of sp³-hybridized carbons (Fsp3) is 0.278. The Morgan fingerprint density at radius 1 is 1.14 bits per heavy atom. The van der Waals surface area contributed by atoms with Crippen molar-refractivity contribution in [2.75, 3.05) is 32.6 Å². The summed E-state index contributed by atoms with van der Waals surface area (Å²) in [5.74, 6) is 0.155. The van der Waals surface area contributed by atoms with Crippen molar-refractivity contribution in [3.05, 3.63) is 57.6 Å². The fourth-order valence-corrected chi connectivity index (χ4v) is 2.54. The maximum Gasteiger partial charge on any atom is 0.416 e. The van der Waals surface area contributed by atoms with Crippen molar-refractivity contribution in [1.29, 1.82) is 0 Å². The van der Waals surface area contributed by atoms with Gasteiger partial charge in [-0.3, -0.25) is 14.9 Å². The summed E-state index contributed by atoms with van der Waals surface area (Å²) < 4.78 is 48.5. The van der Waals surface area contributed by atoms with Gasteiger partial charge in [0, 0.05) is 19.2 Å². The lowest BCUT2D eigenvalue weighted by atomic mass is 10.1. The van der Waals surface area contributed by atoms with Gasteiger partial charge in [-0.25, -0.2) is 0 Å². The summed E-state index contributed by atoms with van der Waals surface area (Å²) in [6.07, 6.45) is -4.69. The minimum absolute atomic E-state index is 0.0459. The second kappa shape index (κ2) is 9.13. The summed E-state index contributed by atoms with van der Waals surface area (Å²) >= 11 is 0. The Kier molecular flexibility index (Phi) is 6.86. The Bertz CT molecular complexity index is 903. The highest BCUT2D eigenvalue weighted by Crippen LogP contribution is 2.35. The highest BCUT2D eigenvalue weighted by molar-refractivity contribution is 5.97. The van der Waals surface area contributed by atoms with Crippen LogP contribution in [-0.4, -0.2) is 38.1 Å². The second-order valence-electron chi connectivity index (χ2n) is 5.71. The van der Waals surface area contributed by atoms with E-state index in [1.807, 2.05) is 0 Å². The summed E-state index contributed by atoms with van der Waals surface area (Å²) in [5.41, 5.74) is -1.68. The molecule has 2 rings (SSSR count). The average molecular weight is 413 g/mol. The lowest BCUT2D eigenvalue weighted by molar-refractivity contribution is -0.384. The number of amides is 1. The molecule has 0 unspecified atom stereocenters. The summed E-state index contributed by atoms with van der Waals surface area (Å²) in [5, 5.41) is 16.3. The Morgan fingerprint density at radius 2 is 1.86 bits per heavy atom. The second-order valence-corrected chi connectivity index (χ2v) is 5.71. The molecule has 0 aromatic heterocycles. The number of nitrogens with one attached hydrogen (secondary N) is 2. The molecule has 0 heterocycles. The number of nitro groups is 1. The van der Waals surface area contributed by atoms with Gasteiger partial charge in [0.1, 0.15) is 5.69 Å². The minimum atomic E-state index is -4.69. The maximum atomic E-state index is 12.7. The van der Waals surface area contributed by atoms with Gasteiger partial charge in [0.05, 0.1) is 30.3 Å². The summed E-state index contributed by atoms with van der Waals surface area (Å²) in [7, 11) is 2.82. The number of carbonyl (C=O) groups is 1. The van der Waals surface area contributed by atoms with E-state index in [0.717, 1.165) is 12.1 Å². The van der Waals surface area contributed by atoms with E-state index in [1.54, 1.807) is 12.1 Å². The van der Waals surface area contributed by atoms with Crippen molar-refractivity contribution < 1.29 is 32.4 Å². The molecule has 0 atom stereocenters. The van der Waals surface area contributed by atoms with Gasteiger partial charge >= 0.3 is 6.18 Å². The molecule has 0 bridgehead atoms. The molecule has 11 heteroatoms. The third-order valence-electron chi connectivity index (χ3n) is 3.90. The number of para-hydroxylation sites is 1. The Labute approximate surface area is 163 Å². The van der Waals surface area contributed by atoms with Crippen LogP contribution < -0.4 is 20.1 Å². The number of anilines is 1. The van der Waals surface area contributed by atoms with Crippen LogP contribution in [0.3, 0.4) is 0 Å². The van der Waals surface area contributed by atoms with Crippen molar-refractivity contribution in [1.82, 2.24) is 5.32 Å². The first-order valence-corrected chi connectivity index (χ1v) is 8.27. The molecular weight excluding hydrogens is 395 g/mol. The molecule has 0 aliphatic rings. The average Bonchev–Trinajstić information content (AvgIpc) is 2.69. The number of nitro benzene ring substituents is 1. The van der Waals surface area contributed by atoms with E-state index >= 15 is 0 Å². The third-order valence-corrected chi connectivity index (χ3v) is 3.90. The van der Waals surface area contributed by atoms with Crippen molar-refractivity contribution in [3.8, 4) is 11.5 Å². The van der Waals surface area contributed by atoms with E-state index < -0.39 is 28.3 Å². The zero-order valence-electron chi connectivity index (χ0n) is 15.5. The molecule has 156 valence electrons. The van der Waals surface area contributed by atoms with Gasteiger partial charge < -0.3 is 20.1 Å². The molecule has 0 radical (unpaired) electrons. The van der Waals surface area contributed by atoms with Gasteiger partial charge in [0.15, 0.2) is 11.5 Å². The van der Waals surface area contributed by atoms with Crippen LogP contribution in [0, 0.1) is 10.1 Å². The molecule has 0 aliphatic carbocycles. The molecule has 2 N–H and O–H groups in total. The monoisotopic (exact) mass is 413 g/mol. The van der Waals surface area contributed by atoms with E-state index in [4.69, 9.17) is 9.47 Å². The number of hydrogen-bond donors (Lipinski definition) is 2. The fourth-order valence-electron chi connectivity index (χ4n) is 2.54. The van der Waals surface area contributed by atoms with Gasteiger partial charge in [-0.15, -0.1) is 0 Å². The zero-order chi connectivity index (χ0) is 21.6. The van der Waals surface area contributed by atoms with Crippen LogP contribution >= 0.6 is 0 Å².